The van der Waals surface area contributed by atoms with Gasteiger partial charge in [-0.15, -0.1) is 24.0 Å². The average molecular weight is 465 g/mol. The summed E-state index contributed by atoms with van der Waals surface area (Å²) < 4.78 is 5.21. The molecule has 3 aromatic rings. The molecule has 26 heavy (non-hydrogen) atoms. The number of rotatable bonds is 5. The Balaban J connectivity index is 0.00000243. The fraction of sp³-hybridized carbons (Fsp3) is 0.316. The van der Waals surface area contributed by atoms with Crippen LogP contribution in [0.25, 0.3) is 10.9 Å². The summed E-state index contributed by atoms with van der Waals surface area (Å²) in [5, 5.41) is 11.7. The van der Waals surface area contributed by atoms with Crippen LogP contribution in [0.3, 0.4) is 0 Å². The smallest absolute Gasteiger partial charge is 0.191 e. The summed E-state index contributed by atoms with van der Waals surface area (Å²) in [6, 6.07) is 10.2. The number of halogens is 1. The highest BCUT2D eigenvalue weighted by Gasteiger charge is 2.09. The summed E-state index contributed by atoms with van der Waals surface area (Å²) in [5.74, 6) is 1.59. The minimum Gasteiger partial charge on any atom is -0.361 e. The molecule has 0 saturated heterocycles. The predicted octanol–water partition coefficient (Wildman–Crippen LogP) is 3.71. The van der Waals surface area contributed by atoms with Crippen molar-refractivity contribution in [1.29, 1.82) is 0 Å². The molecular formula is C19H24IN5O. The number of aromatic nitrogens is 2. The highest BCUT2D eigenvalue weighted by atomic mass is 127. The lowest BCUT2D eigenvalue weighted by atomic mass is 10.1. The molecule has 0 aliphatic carbocycles. The first-order valence-corrected chi connectivity index (χ1v) is 8.45. The van der Waals surface area contributed by atoms with Gasteiger partial charge in [0, 0.05) is 30.2 Å². The number of pyridine rings is 1. The Labute approximate surface area is 170 Å². The SMILES string of the molecule is CCNC(=NCc1cccc2cccnc12)NCc1c(C)noc1C.I. The van der Waals surface area contributed by atoms with Crippen molar-refractivity contribution in [2.75, 3.05) is 6.54 Å². The van der Waals surface area contributed by atoms with Gasteiger partial charge >= 0.3 is 0 Å². The molecule has 2 heterocycles. The van der Waals surface area contributed by atoms with Crippen LogP contribution < -0.4 is 10.6 Å². The molecule has 0 aliphatic heterocycles. The molecule has 2 N–H and O–H groups in total. The van der Waals surface area contributed by atoms with Crippen LogP contribution in [0, 0.1) is 13.8 Å². The summed E-state index contributed by atoms with van der Waals surface area (Å²) >= 11 is 0. The third kappa shape index (κ3) is 4.72. The van der Waals surface area contributed by atoms with Crippen LogP contribution in [0.2, 0.25) is 0 Å². The highest BCUT2D eigenvalue weighted by molar-refractivity contribution is 14.0. The first-order chi connectivity index (χ1) is 12.2. The van der Waals surface area contributed by atoms with Crippen LogP contribution in [0.1, 0.15) is 29.5 Å². The minimum atomic E-state index is 0. The quantitative estimate of drug-likeness (QED) is 0.342. The Kier molecular flexibility index (Phi) is 7.38. The number of nitrogens with zero attached hydrogens (tertiary/aromatic N) is 3. The normalized spacial score (nSPS) is 11.3. The molecule has 2 aromatic heterocycles. The molecule has 0 unspecified atom stereocenters. The molecule has 0 fully saturated rings. The lowest BCUT2D eigenvalue weighted by Gasteiger charge is -2.11. The lowest BCUT2D eigenvalue weighted by Crippen LogP contribution is -2.37. The topological polar surface area (TPSA) is 75.3 Å². The Morgan fingerprint density at radius 3 is 2.69 bits per heavy atom. The van der Waals surface area contributed by atoms with Crippen molar-refractivity contribution in [2.45, 2.75) is 33.9 Å². The van der Waals surface area contributed by atoms with Gasteiger partial charge in [0.25, 0.3) is 0 Å². The fourth-order valence-corrected chi connectivity index (χ4v) is 2.73. The maximum absolute atomic E-state index is 5.21. The lowest BCUT2D eigenvalue weighted by molar-refractivity contribution is 0.392. The third-order valence-electron chi connectivity index (χ3n) is 4.08. The Bertz CT molecular complexity index is 866. The standard InChI is InChI=1S/C19H23N5O.HI/c1-4-20-19(23-12-17-13(2)24-25-14(17)3)22-11-16-8-5-7-15-9-6-10-21-18(15)16;/h5-10H,4,11-12H2,1-3H3,(H2,20,22,23);1H. The largest absolute Gasteiger partial charge is 0.361 e. The van der Waals surface area contributed by atoms with E-state index in [-0.39, 0.29) is 24.0 Å². The molecule has 6 nitrogen and oxygen atoms in total. The average Bonchev–Trinajstić information content (AvgIpc) is 2.95. The number of benzene rings is 1. The molecule has 0 aliphatic rings. The molecule has 0 amide bonds. The number of para-hydroxylation sites is 1. The van der Waals surface area contributed by atoms with Gasteiger partial charge in [0.2, 0.25) is 0 Å². The predicted molar refractivity (Wildman–Crippen MR) is 115 cm³/mol. The Morgan fingerprint density at radius 2 is 1.96 bits per heavy atom. The van der Waals surface area contributed by atoms with Gasteiger partial charge in [-0.05, 0) is 32.4 Å². The molecular weight excluding hydrogens is 441 g/mol. The van der Waals surface area contributed by atoms with Gasteiger partial charge in [-0.3, -0.25) is 4.98 Å². The van der Waals surface area contributed by atoms with E-state index < -0.39 is 0 Å². The number of hydrogen-bond acceptors (Lipinski definition) is 4. The Hall–Kier alpha value is -2.16. The zero-order valence-electron chi connectivity index (χ0n) is 15.2. The second-order valence-corrected chi connectivity index (χ2v) is 5.84. The highest BCUT2D eigenvalue weighted by Crippen LogP contribution is 2.16. The van der Waals surface area contributed by atoms with Crippen LogP contribution in [-0.2, 0) is 13.1 Å². The van der Waals surface area contributed by atoms with E-state index >= 15 is 0 Å². The molecule has 3 rings (SSSR count). The van der Waals surface area contributed by atoms with E-state index in [2.05, 4.69) is 39.0 Å². The summed E-state index contributed by atoms with van der Waals surface area (Å²) in [7, 11) is 0. The van der Waals surface area contributed by atoms with Crippen molar-refractivity contribution in [1.82, 2.24) is 20.8 Å². The van der Waals surface area contributed by atoms with E-state index in [1.807, 2.05) is 39.1 Å². The summed E-state index contributed by atoms with van der Waals surface area (Å²) in [6.45, 7) is 7.89. The Morgan fingerprint density at radius 1 is 1.15 bits per heavy atom. The van der Waals surface area contributed by atoms with Crippen molar-refractivity contribution in [3.8, 4) is 0 Å². The minimum absolute atomic E-state index is 0. The summed E-state index contributed by atoms with van der Waals surface area (Å²) in [5.41, 5.74) is 4.07. The molecule has 0 spiro atoms. The second kappa shape index (κ2) is 9.51. The van der Waals surface area contributed by atoms with Gasteiger partial charge in [0.15, 0.2) is 5.96 Å². The molecule has 0 atom stereocenters. The first-order valence-electron chi connectivity index (χ1n) is 8.45. The number of aryl methyl sites for hydroxylation is 2. The van der Waals surface area contributed by atoms with E-state index in [0.29, 0.717) is 13.1 Å². The maximum atomic E-state index is 5.21. The third-order valence-corrected chi connectivity index (χ3v) is 4.08. The van der Waals surface area contributed by atoms with E-state index in [4.69, 9.17) is 9.52 Å². The molecule has 0 radical (unpaired) electrons. The zero-order chi connectivity index (χ0) is 17.6. The van der Waals surface area contributed by atoms with Gasteiger partial charge in [-0.1, -0.05) is 29.4 Å². The van der Waals surface area contributed by atoms with Crippen LogP contribution in [0.5, 0.6) is 0 Å². The number of fused-ring (bicyclic) bond motifs is 1. The second-order valence-electron chi connectivity index (χ2n) is 5.84. The van der Waals surface area contributed by atoms with Crippen molar-refractivity contribution < 1.29 is 4.52 Å². The first kappa shape index (κ1) is 20.2. The molecule has 7 heteroatoms. The van der Waals surface area contributed by atoms with Crippen molar-refractivity contribution >= 4 is 40.8 Å². The van der Waals surface area contributed by atoms with Crippen molar-refractivity contribution in [2.24, 2.45) is 4.99 Å². The number of aliphatic imine (C=N–C) groups is 1. The fourth-order valence-electron chi connectivity index (χ4n) is 2.73. The van der Waals surface area contributed by atoms with Crippen LogP contribution in [0.15, 0.2) is 46.0 Å². The van der Waals surface area contributed by atoms with Crippen LogP contribution in [-0.4, -0.2) is 22.6 Å². The van der Waals surface area contributed by atoms with Gasteiger partial charge in [-0.2, -0.15) is 0 Å². The van der Waals surface area contributed by atoms with E-state index in [9.17, 15) is 0 Å². The molecule has 1 aromatic carbocycles. The maximum Gasteiger partial charge on any atom is 0.191 e. The van der Waals surface area contributed by atoms with E-state index in [1.165, 1.54) is 0 Å². The molecule has 138 valence electrons. The van der Waals surface area contributed by atoms with E-state index in [1.54, 1.807) is 0 Å². The summed E-state index contributed by atoms with van der Waals surface area (Å²) in [4.78, 5) is 9.18. The zero-order valence-corrected chi connectivity index (χ0v) is 17.6. The summed E-state index contributed by atoms with van der Waals surface area (Å²) in [6.07, 6.45) is 1.82. The molecule has 0 bridgehead atoms. The number of hydrogen-bond donors (Lipinski definition) is 2. The van der Waals surface area contributed by atoms with Crippen molar-refractivity contribution in [3.63, 3.8) is 0 Å². The van der Waals surface area contributed by atoms with Crippen LogP contribution >= 0.6 is 24.0 Å². The van der Waals surface area contributed by atoms with Crippen molar-refractivity contribution in [3.05, 3.63) is 59.1 Å². The molecule has 0 saturated carbocycles. The van der Waals surface area contributed by atoms with Gasteiger partial charge in [-0.25, -0.2) is 4.99 Å². The number of nitrogens with one attached hydrogen (secondary N) is 2. The van der Waals surface area contributed by atoms with Gasteiger partial charge < -0.3 is 15.2 Å². The monoisotopic (exact) mass is 465 g/mol. The van der Waals surface area contributed by atoms with Gasteiger partial charge in [0.05, 0.1) is 17.8 Å². The van der Waals surface area contributed by atoms with E-state index in [0.717, 1.165) is 46.0 Å². The number of guanidine groups is 1. The van der Waals surface area contributed by atoms with Gasteiger partial charge in [0.1, 0.15) is 5.76 Å². The van der Waals surface area contributed by atoms with Crippen LogP contribution in [0.4, 0.5) is 0 Å².